The summed E-state index contributed by atoms with van der Waals surface area (Å²) in [7, 11) is 0. The Morgan fingerprint density at radius 1 is 1.40 bits per heavy atom. The Bertz CT molecular complexity index is 634. The van der Waals surface area contributed by atoms with Crippen molar-refractivity contribution < 1.29 is 27.6 Å². The average molecular weight is 377 g/mol. The van der Waals surface area contributed by atoms with E-state index in [1.807, 2.05) is 5.32 Å². The molecule has 1 saturated heterocycles. The summed E-state index contributed by atoms with van der Waals surface area (Å²) >= 11 is 1.22. The van der Waals surface area contributed by atoms with Crippen LogP contribution in [0, 0.1) is 0 Å². The fraction of sp³-hybridized carbons (Fsp3) is 0.533. The van der Waals surface area contributed by atoms with Crippen LogP contribution in [0.3, 0.4) is 0 Å². The summed E-state index contributed by atoms with van der Waals surface area (Å²) in [6.45, 7) is 0.314. The molecule has 1 aliphatic rings. The van der Waals surface area contributed by atoms with Gasteiger partial charge in [0.05, 0.1) is 4.88 Å². The summed E-state index contributed by atoms with van der Waals surface area (Å²) in [5.41, 5.74) is 0. The maximum atomic E-state index is 12.5. The molecule has 3 amide bonds. The Hall–Kier alpha value is -2.10. The van der Waals surface area contributed by atoms with Gasteiger partial charge >= 0.3 is 6.18 Å². The molecule has 0 aliphatic carbocycles. The van der Waals surface area contributed by atoms with Gasteiger partial charge in [-0.2, -0.15) is 13.2 Å². The van der Waals surface area contributed by atoms with Gasteiger partial charge in [-0.3, -0.25) is 14.4 Å². The molecule has 1 aliphatic heterocycles. The Kier molecular flexibility index (Phi) is 6.04. The molecule has 1 aromatic rings. The number of carbonyl (C=O) groups excluding carboxylic acids is 3. The van der Waals surface area contributed by atoms with E-state index in [-0.39, 0.29) is 6.54 Å². The predicted octanol–water partition coefficient (Wildman–Crippen LogP) is 1.54. The van der Waals surface area contributed by atoms with Gasteiger partial charge in [0.2, 0.25) is 11.8 Å². The highest BCUT2D eigenvalue weighted by molar-refractivity contribution is 7.12. The summed E-state index contributed by atoms with van der Waals surface area (Å²) in [4.78, 5) is 38.1. The van der Waals surface area contributed by atoms with Gasteiger partial charge < -0.3 is 15.5 Å². The molecule has 2 N–H and O–H groups in total. The second kappa shape index (κ2) is 7.85. The number of alkyl halides is 3. The minimum Gasteiger partial charge on any atom is -0.345 e. The summed E-state index contributed by atoms with van der Waals surface area (Å²) in [5.74, 6) is -1.73. The van der Waals surface area contributed by atoms with Crippen LogP contribution in [-0.2, 0) is 9.59 Å². The number of carbonyl (C=O) groups is 3. The summed E-state index contributed by atoms with van der Waals surface area (Å²) in [5, 5.41) is 6.08. The maximum Gasteiger partial charge on any atom is 0.405 e. The van der Waals surface area contributed by atoms with E-state index in [1.54, 1.807) is 17.5 Å². The number of halogens is 3. The Morgan fingerprint density at radius 3 is 2.72 bits per heavy atom. The fourth-order valence-electron chi connectivity index (χ4n) is 2.59. The van der Waals surface area contributed by atoms with Crippen molar-refractivity contribution in [3.63, 3.8) is 0 Å². The molecule has 25 heavy (non-hydrogen) atoms. The monoisotopic (exact) mass is 377 g/mol. The first-order valence-corrected chi connectivity index (χ1v) is 8.56. The van der Waals surface area contributed by atoms with Crippen LogP contribution in [0.4, 0.5) is 13.2 Å². The molecule has 0 spiro atoms. The molecule has 2 rings (SSSR count). The third kappa shape index (κ3) is 5.18. The fourth-order valence-corrected chi connectivity index (χ4v) is 3.22. The van der Waals surface area contributed by atoms with E-state index >= 15 is 0 Å². The molecule has 0 unspecified atom stereocenters. The van der Waals surface area contributed by atoms with Crippen LogP contribution in [0.5, 0.6) is 0 Å². The van der Waals surface area contributed by atoms with Crippen molar-refractivity contribution >= 4 is 29.1 Å². The number of thiophene rings is 1. The Balaban J connectivity index is 1.94. The van der Waals surface area contributed by atoms with Gasteiger partial charge in [-0.15, -0.1) is 11.3 Å². The highest BCUT2D eigenvalue weighted by Gasteiger charge is 2.38. The van der Waals surface area contributed by atoms with Crippen LogP contribution < -0.4 is 10.6 Å². The Morgan fingerprint density at radius 2 is 2.12 bits per heavy atom. The quantitative estimate of drug-likeness (QED) is 0.817. The lowest BCUT2D eigenvalue weighted by Crippen LogP contribution is -2.53. The molecule has 2 atom stereocenters. The zero-order chi connectivity index (χ0) is 18.6. The third-order valence-electron chi connectivity index (χ3n) is 3.76. The molecule has 0 radical (unpaired) electrons. The highest BCUT2D eigenvalue weighted by atomic mass is 32.1. The lowest BCUT2D eigenvalue weighted by atomic mass is 10.2. The standard InChI is InChI=1S/C15H18F3N3O3S/c1-9(20-13(23)11-5-3-7-25-11)14(24)21-6-2-4-10(21)12(22)19-8-15(16,17)18/h3,5,7,9-10H,2,4,6,8H2,1H3,(H,19,22)(H,20,23)/t9-,10+/m1/s1. The van der Waals surface area contributed by atoms with Crippen LogP contribution in [0.1, 0.15) is 29.4 Å². The Labute approximate surface area is 146 Å². The molecular formula is C15H18F3N3O3S. The van der Waals surface area contributed by atoms with Gasteiger partial charge in [-0.25, -0.2) is 0 Å². The van der Waals surface area contributed by atoms with Crippen LogP contribution >= 0.6 is 11.3 Å². The number of nitrogens with zero attached hydrogens (tertiary/aromatic N) is 1. The molecule has 0 aromatic carbocycles. The molecule has 2 heterocycles. The number of nitrogens with one attached hydrogen (secondary N) is 2. The van der Waals surface area contributed by atoms with Crippen LogP contribution in [-0.4, -0.2) is 54.0 Å². The maximum absolute atomic E-state index is 12.5. The van der Waals surface area contributed by atoms with E-state index in [9.17, 15) is 27.6 Å². The van der Waals surface area contributed by atoms with E-state index in [4.69, 9.17) is 0 Å². The second-order valence-corrected chi connectivity index (χ2v) is 6.64. The first-order valence-electron chi connectivity index (χ1n) is 7.68. The van der Waals surface area contributed by atoms with Gasteiger partial charge in [0.25, 0.3) is 5.91 Å². The van der Waals surface area contributed by atoms with Gasteiger partial charge in [-0.05, 0) is 31.2 Å². The van der Waals surface area contributed by atoms with Crippen molar-refractivity contribution in [1.29, 1.82) is 0 Å². The molecule has 0 saturated carbocycles. The minimum absolute atomic E-state index is 0.266. The van der Waals surface area contributed by atoms with E-state index < -0.39 is 42.5 Å². The van der Waals surface area contributed by atoms with Crippen LogP contribution in [0.15, 0.2) is 17.5 Å². The van der Waals surface area contributed by atoms with Crippen molar-refractivity contribution in [2.45, 2.75) is 38.0 Å². The van der Waals surface area contributed by atoms with Crippen molar-refractivity contribution in [3.8, 4) is 0 Å². The molecular weight excluding hydrogens is 359 g/mol. The molecule has 0 bridgehead atoms. The zero-order valence-electron chi connectivity index (χ0n) is 13.4. The molecule has 138 valence electrons. The van der Waals surface area contributed by atoms with Crippen molar-refractivity contribution in [2.75, 3.05) is 13.1 Å². The number of amides is 3. The number of rotatable bonds is 5. The largest absolute Gasteiger partial charge is 0.405 e. The van der Waals surface area contributed by atoms with E-state index in [2.05, 4.69) is 5.32 Å². The normalized spacial score (nSPS) is 18.7. The summed E-state index contributed by atoms with van der Waals surface area (Å²) < 4.78 is 36.7. The van der Waals surface area contributed by atoms with Crippen molar-refractivity contribution in [3.05, 3.63) is 22.4 Å². The van der Waals surface area contributed by atoms with Gasteiger partial charge in [-0.1, -0.05) is 6.07 Å². The SMILES string of the molecule is C[C@@H](NC(=O)c1cccs1)C(=O)N1CCC[C@H]1C(=O)NCC(F)(F)F. The molecule has 10 heteroatoms. The first-order chi connectivity index (χ1) is 11.7. The van der Waals surface area contributed by atoms with Crippen LogP contribution in [0.25, 0.3) is 0 Å². The van der Waals surface area contributed by atoms with Crippen molar-refractivity contribution in [1.82, 2.24) is 15.5 Å². The lowest BCUT2D eigenvalue weighted by molar-refractivity contribution is -0.145. The first kappa shape index (κ1) is 19.2. The topological polar surface area (TPSA) is 78.5 Å². The van der Waals surface area contributed by atoms with Crippen LogP contribution in [0.2, 0.25) is 0 Å². The number of hydrogen-bond acceptors (Lipinski definition) is 4. The second-order valence-electron chi connectivity index (χ2n) is 5.70. The van der Waals surface area contributed by atoms with Crippen molar-refractivity contribution in [2.24, 2.45) is 0 Å². The number of likely N-dealkylation sites (tertiary alicyclic amines) is 1. The summed E-state index contributed by atoms with van der Waals surface area (Å²) in [6.07, 6.45) is -3.70. The zero-order valence-corrected chi connectivity index (χ0v) is 14.2. The van der Waals surface area contributed by atoms with E-state index in [0.29, 0.717) is 17.7 Å². The summed E-state index contributed by atoms with van der Waals surface area (Å²) in [6, 6.07) is 1.48. The molecule has 1 fully saturated rings. The van der Waals surface area contributed by atoms with E-state index in [1.165, 1.54) is 23.2 Å². The minimum atomic E-state index is -4.51. The van der Waals surface area contributed by atoms with Gasteiger partial charge in [0.1, 0.15) is 18.6 Å². The number of hydrogen-bond donors (Lipinski definition) is 2. The predicted molar refractivity (Wildman–Crippen MR) is 85.0 cm³/mol. The van der Waals surface area contributed by atoms with Gasteiger partial charge in [0, 0.05) is 6.54 Å². The lowest BCUT2D eigenvalue weighted by Gasteiger charge is -2.27. The third-order valence-corrected chi connectivity index (χ3v) is 4.63. The smallest absolute Gasteiger partial charge is 0.345 e. The highest BCUT2D eigenvalue weighted by Crippen LogP contribution is 2.20. The molecule has 1 aromatic heterocycles. The van der Waals surface area contributed by atoms with E-state index in [0.717, 1.165) is 0 Å². The van der Waals surface area contributed by atoms with Gasteiger partial charge in [0.15, 0.2) is 0 Å². The molecule has 6 nitrogen and oxygen atoms in total. The average Bonchev–Trinajstić information content (AvgIpc) is 3.21.